The molecule has 0 unspecified atom stereocenters. The number of carbonyl (C=O) groups is 1. The number of hydrogen-bond acceptors (Lipinski definition) is 6. The first-order valence-electron chi connectivity index (χ1n) is 7.81. The highest BCUT2D eigenvalue weighted by molar-refractivity contribution is 5.90. The molecule has 0 aliphatic rings. The van der Waals surface area contributed by atoms with Crippen molar-refractivity contribution < 1.29 is 18.9 Å². The third-order valence-electron chi connectivity index (χ3n) is 4.12. The Bertz CT molecular complexity index is 1070. The summed E-state index contributed by atoms with van der Waals surface area (Å²) in [6.07, 6.45) is 0. The molecule has 0 radical (unpaired) electrons. The molecule has 0 aliphatic carbocycles. The van der Waals surface area contributed by atoms with E-state index in [0.717, 1.165) is 11.1 Å². The number of nitrogens with zero attached hydrogens (tertiary/aromatic N) is 1. The maximum absolute atomic E-state index is 12.1. The Labute approximate surface area is 148 Å². The molecule has 0 atom stereocenters. The number of benzene rings is 2. The zero-order valence-corrected chi connectivity index (χ0v) is 14.1. The van der Waals surface area contributed by atoms with Gasteiger partial charge in [0.15, 0.2) is 0 Å². The van der Waals surface area contributed by atoms with Crippen molar-refractivity contribution in [3.63, 3.8) is 0 Å². The number of non-ortho nitro benzene ring substituents is 1. The van der Waals surface area contributed by atoms with E-state index in [4.69, 9.17) is 9.15 Å². The van der Waals surface area contributed by atoms with Crippen molar-refractivity contribution >= 4 is 22.6 Å². The number of rotatable bonds is 4. The lowest BCUT2D eigenvalue weighted by molar-refractivity contribution is -0.384. The summed E-state index contributed by atoms with van der Waals surface area (Å²) in [6.45, 7) is 3.74. The first-order valence-corrected chi connectivity index (χ1v) is 7.81. The Balaban J connectivity index is 1.85. The molecule has 26 heavy (non-hydrogen) atoms. The number of esters is 1. The summed E-state index contributed by atoms with van der Waals surface area (Å²) in [5.41, 5.74) is 2.53. The third kappa shape index (κ3) is 3.46. The van der Waals surface area contributed by atoms with Crippen LogP contribution >= 0.6 is 0 Å². The molecule has 7 heteroatoms. The molecule has 0 saturated heterocycles. The first-order chi connectivity index (χ1) is 12.3. The number of fused-ring (bicyclic) bond motifs is 1. The zero-order valence-electron chi connectivity index (χ0n) is 14.1. The van der Waals surface area contributed by atoms with Crippen molar-refractivity contribution in [3.05, 3.63) is 85.3 Å². The second kappa shape index (κ2) is 6.79. The molecule has 3 rings (SSSR count). The fourth-order valence-electron chi connectivity index (χ4n) is 2.55. The highest BCUT2D eigenvalue weighted by Gasteiger charge is 2.13. The van der Waals surface area contributed by atoms with Crippen LogP contribution in [0.3, 0.4) is 0 Å². The van der Waals surface area contributed by atoms with E-state index < -0.39 is 16.5 Å². The van der Waals surface area contributed by atoms with Crippen molar-refractivity contribution in [2.24, 2.45) is 0 Å². The number of nitro benzene ring substituents is 1. The van der Waals surface area contributed by atoms with Gasteiger partial charge in [-0.2, -0.15) is 0 Å². The fraction of sp³-hybridized carbons (Fsp3) is 0.158. The molecule has 2 aromatic carbocycles. The quantitative estimate of drug-likeness (QED) is 0.307. The van der Waals surface area contributed by atoms with Gasteiger partial charge in [0.2, 0.25) is 0 Å². The number of hydrogen-bond donors (Lipinski definition) is 0. The Morgan fingerprint density at radius 2 is 1.77 bits per heavy atom. The van der Waals surface area contributed by atoms with E-state index in [1.54, 1.807) is 6.07 Å². The number of ether oxygens (including phenoxy) is 1. The van der Waals surface area contributed by atoms with Crippen LogP contribution in [0, 0.1) is 24.0 Å². The van der Waals surface area contributed by atoms with Crippen LogP contribution in [0.25, 0.3) is 11.0 Å². The van der Waals surface area contributed by atoms with Crippen LogP contribution in [0.5, 0.6) is 0 Å². The lowest BCUT2D eigenvalue weighted by Crippen LogP contribution is -2.08. The summed E-state index contributed by atoms with van der Waals surface area (Å²) in [4.78, 5) is 34.0. The van der Waals surface area contributed by atoms with Crippen LogP contribution in [-0.2, 0) is 11.3 Å². The normalized spacial score (nSPS) is 10.7. The Morgan fingerprint density at radius 3 is 2.42 bits per heavy atom. The van der Waals surface area contributed by atoms with E-state index in [-0.39, 0.29) is 17.9 Å². The minimum absolute atomic E-state index is 0.111. The molecule has 0 saturated carbocycles. The minimum atomic E-state index is -0.634. The highest BCUT2D eigenvalue weighted by Crippen LogP contribution is 2.22. The SMILES string of the molecule is Cc1cc2oc(=O)cc(COC(=O)c3ccc([N+](=O)[O-])cc3)c2cc1C. The Morgan fingerprint density at radius 1 is 1.12 bits per heavy atom. The molecule has 0 spiro atoms. The smallest absolute Gasteiger partial charge is 0.338 e. The maximum atomic E-state index is 12.1. The number of carbonyl (C=O) groups excluding carboxylic acids is 1. The largest absolute Gasteiger partial charge is 0.457 e. The Hall–Kier alpha value is -3.48. The molecule has 132 valence electrons. The minimum Gasteiger partial charge on any atom is -0.457 e. The summed E-state index contributed by atoms with van der Waals surface area (Å²) in [6, 6.07) is 10.1. The van der Waals surface area contributed by atoms with Gasteiger partial charge in [-0.1, -0.05) is 0 Å². The van der Waals surface area contributed by atoms with Crippen molar-refractivity contribution in [1.82, 2.24) is 0 Å². The molecule has 3 aromatic rings. The van der Waals surface area contributed by atoms with Gasteiger partial charge in [0.1, 0.15) is 12.2 Å². The predicted molar refractivity (Wildman–Crippen MR) is 94.2 cm³/mol. The molecule has 0 bridgehead atoms. The van der Waals surface area contributed by atoms with Gasteiger partial charge in [-0.15, -0.1) is 0 Å². The highest BCUT2D eigenvalue weighted by atomic mass is 16.6. The molecule has 0 fully saturated rings. The Kier molecular flexibility index (Phi) is 4.53. The van der Waals surface area contributed by atoms with E-state index in [9.17, 15) is 19.7 Å². The van der Waals surface area contributed by atoms with E-state index >= 15 is 0 Å². The molecular weight excluding hydrogens is 338 g/mol. The lowest BCUT2D eigenvalue weighted by Gasteiger charge is -2.09. The summed E-state index contributed by atoms with van der Waals surface area (Å²) in [5.74, 6) is -0.634. The average Bonchev–Trinajstić information content (AvgIpc) is 2.61. The van der Waals surface area contributed by atoms with Crippen LogP contribution in [0.15, 0.2) is 51.7 Å². The number of nitro groups is 1. The van der Waals surface area contributed by atoms with Crippen LogP contribution in [0.4, 0.5) is 5.69 Å². The van der Waals surface area contributed by atoms with Gasteiger partial charge in [-0.05, 0) is 49.2 Å². The molecule has 1 heterocycles. The van der Waals surface area contributed by atoms with E-state index in [1.807, 2.05) is 19.9 Å². The molecule has 0 aliphatic heterocycles. The average molecular weight is 353 g/mol. The second-order valence-corrected chi connectivity index (χ2v) is 5.90. The summed E-state index contributed by atoms with van der Waals surface area (Å²) in [7, 11) is 0. The maximum Gasteiger partial charge on any atom is 0.338 e. The van der Waals surface area contributed by atoms with Crippen LogP contribution in [0.1, 0.15) is 27.0 Å². The van der Waals surface area contributed by atoms with Gasteiger partial charge in [0.05, 0.1) is 10.5 Å². The molecule has 0 N–H and O–H groups in total. The van der Waals surface area contributed by atoms with Crippen molar-refractivity contribution in [2.45, 2.75) is 20.5 Å². The van der Waals surface area contributed by atoms with Crippen LogP contribution in [-0.4, -0.2) is 10.9 Å². The monoisotopic (exact) mass is 353 g/mol. The first kappa shape index (κ1) is 17.3. The summed E-state index contributed by atoms with van der Waals surface area (Å²) < 4.78 is 10.5. The molecule has 0 amide bonds. The summed E-state index contributed by atoms with van der Waals surface area (Å²) >= 11 is 0. The van der Waals surface area contributed by atoms with Crippen molar-refractivity contribution in [1.29, 1.82) is 0 Å². The molecular formula is C19H15NO6. The second-order valence-electron chi connectivity index (χ2n) is 5.90. The van der Waals surface area contributed by atoms with E-state index in [2.05, 4.69) is 0 Å². The van der Waals surface area contributed by atoms with Gasteiger partial charge in [0, 0.05) is 29.1 Å². The standard InChI is InChI=1S/C19H15NO6/c1-11-7-16-14(9-18(21)26-17(16)8-12(11)2)10-25-19(22)13-3-5-15(6-4-13)20(23)24/h3-9H,10H2,1-2H3. The lowest BCUT2D eigenvalue weighted by atomic mass is 10.0. The number of aryl methyl sites for hydroxylation is 2. The van der Waals surface area contributed by atoms with Crippen LogP contribution < -0.4 is 5.63 Å². The summed E-state index contributed by atoms with van der Waals surface area (Å²) in [5, 5.41) is 11.3. The van der Waals surface area contributed by atoms with Gasteiger partial charge in [0.25, 0.3) is 5.69 Å². The zero-order chi connectivity index (χ0) is 18.8. The fourth-order valence-corrected chi connectivity index (χ4v) is 2.55. The van der Waals surface area contributed by atoms with Gasteiger partial charge >= 0.3 is 11.6 Å². The van der Waals surface area contributed by atoms with Crippen molar-refractivity contribution in [3.8, 4) is 0 Å². The van der Waals surface area contributed by atoms with E-state index in [0.29, 0.717) is 16.5 Å². The topological polar surface area (TPSA) is 99.7 Å². The van der Waals surface area contributed by atoms with Crippen LogP contribution in [0.2, 0.25) is 0 Å². The molecule has 7 nitrogen and oxygen atoms in total. The van der Waals surface area contributed by atoms with Gasteiger partial charge in [-0.25, -0.2) is 9.59 Å². The van der Waals surface area contributed by atoms with Gasteiger partial charge < -0.3 is 9.15 Å². The van der Waals surface area contributed by atoms with E-state index in [1.165, 1.54) is 30.3 Å². The third-order valence-corrected chi connectivity index (χ3v) is 4.12. The van der Waals surface area contributed by atoms with Gasteiger partial charge in [-0.3, -0.25) is 10.1 Å². The molecule has 1 aromatic heterocycles. The van der Waals surface area contributed by atoms with Crippen molar-refractivity contribution in [2.75, 3.05) is 0 Å². The predicted octanol–water partition coefficient (Wildman–Crippen LogP) is 3.68.